The normalized spacial score (nSPS) is 31.0. The zero-order valence-corrected chi connectivity index (χ0v) is 15.1. The molecule has 2 aromatic rings. The summed E-state index contributed by atoms with van der Waals surface area (Å²) in [5.74, 6) is -0.0856. The van der Waals surface area contributed by atoms with Crippen LogP contribution in [0.4, 0.5) is 0 Å². The molecule has 4 nitrogen and oxygen atoms in total. The summed E-state index contributed by atoms with van der Waals surface area (Å²) in [5.41, 5.74) is 4.30. The maximum absolute atomic E-state index is 12.8. The third kappa shape index (κ3) is 1.89. The monoisotopic (exact) mass is 338 g/mol. The lowest BCUT2D eigenvalue weighted by Gasteiger charge is -2.56. The molecule has 1 fully saturated rings. The predicted octanol–water partition coefficient (Wildman–Crippen LogP) is 3.85. The number of para-hydroxylation sites is 1. The molecule has 0 N–H and O–H groups in total. The molecule has 3 aliphatic rings. The van der Waals surface area contributed by atoms with Crippen LogP contribution in [0, 0.1) is 5.41 Å². The van der Waals surface area contributed by atoms with Gasteiger partial charge in [0.1, 0.15) is 6.04 Å². The maximum atomic E-state index is 12.8. The van der Waals surface area contributed by atoms with Gasteiger partial charge in [0.25, 0.3) is 0 Å². The van der Waals surface area contributed by atoms with E-state index in [1.165, 1.54) is 48.7 Å². The van der Waals surface area contributed by atoms with E-state index in [-0.39, 0.29) is 17.4 Å². The van der Waals surface area contributed by atoms with Gasteiger partial charge in [0.15, 0.2) is 0 Å². The fourth-order valence-corrected chi connectivity index (χ4v) is 6.02. The molecule has 132 valence electrons. The first-order valence-corrected chi connectivity index (χ1v) is 9.64. The highest BCUT2D eigenvalue weighted by atomic mass is 16.5. The average molecular weight is 338 g/mol. The summed E-state index contributed by atoms with van der Waals surface area (Å²) >= 11 is 0. The molecule has 3 atom stereocenters. The van der Waals surface area contributed by atoms with Gasteiger partial charge in [-0.2, -0.15) is 0 Å². The van der Waals surface area contributed by atoms with Crippen LogP contribution in [0.1, 0.15) is 55.9 Å². The molecule has 0 saturated carbocycles. The Bertz CT molecular complexity index is 855. The van der Waals surface area contributed by atoms with Crippen molar-refractivity contribution >= 4 is 16.9 Å². The Labute approximate surface area is 148 Å². The quantitative estimate of drug-likeness (QED) is 0.780. The molecule has 3 aliphatic heterocycles. The van der Waals surface area contributed by atoms with Crippen molar-refractivity contribution in [3.8, 4) is 0 Å². The van der Waals surface area contributed by atoms with E-state index in [1.54, 1.807) is 0 Å². The number of methoxy groups -OCH3 is 1. The smallest absolute Gasteiger partial charge is 0.328 e. The van der Waals surface area contributed by atoms with Crippen molar-refractivity contribution in [3.63, 3.8) is 0 Å². The molecule has 0 aliphatic carbocycles. The molecule has 1 aromatic carbocycles. The van der Waals surface area contributed by atoms with Crippen LogP contribution >= 0.6 is 0 Å². The standard InChI is InChI=1S/C21H26N2O2/c1-3-21-10-6-11-22-12-9-15-14-7-4-5-8-16(14)23(18(15)19(21)22)17(13-21)20(24)25-2/h4-5,7-8,17,19H,3,6,9-13H2,1-2H3/t17?,19-,21+/m0/s1. The van der Waals surface area contributed by atoms with Gasteiger partial charge in [-0.25, -0.2) is 4.79 Å². The topological polar surface area (TPSA) is 34.5 Å². The number of carbonyl (C=O) groups is 1. The van der Waals surface area contributed by atoms with Gasteiger partial charge in [-0.1, -0.05) is 25.1 Å². The Morgan fingerprint density at radius 2 is 2.16 bits per heavy atom. The van der Waals surface area contributed by atoms with Crippen molar-refractivity contribution in [3.05, 3.63) is 35.5 Å². The lowest BCUT2D eigenvalue weighted by atomic mass is 9.63. The van der Waals surface area contributed by atoms with Gasteiger partial charge in [-0.15, -0.1) is 0 Å². The van der Waals surface area contributed by atoms with Gasteiger partial charge in [0.05, 0.1) is 13.2 Å². The lowest BCUT2D eigenvalue weighted by molar-refractivity contribution is -0.149. The lowest BCUT2D eigenvalue weighted by Crippen LogP contribution is -2.53. The number of ether oxygens (including phenoxy) is 1. The summed E-state index contributed by atoms with van der Waals surface area (Å²) in [4.78, 5) is 15.5. The van der Waals surface area contributed by atoms with E-state index in [2.05, 4.69) is 40.7 Å². The van der Waals surface area contributed by atoms with Gasteiger partial charge >= 0.3 is 5.97 Å². The minimum Gasteiger partial charge on any atom is -0.467 e. The number of hydrogen-bond acceptors (Lipinski definition) is 3. The first-order valence-electron chi connectivity index (χ1n) is 9.64. The maximum Gasteiger partial charge on any atom is 0.328 e. The minimum absolute atomic E-state index is 0.0856. The summed E-state index contributed by atoms with van der Waals surface area (Å²) in [6, 6.07) is 8.90. The van der Waals surface area contributed by atoms with Crippen molar-refractivity contribution in [2.75, 3.05) is 20.2 Å². The number of piperidine rings is 1. The second kappa shape index (κ2) is 5.34. The number of carbonyl (C=O) groups excluding carboxylic acids is 1. The molecule has 0 amide bonds. The number of nitrogens with zero attached hydrogens (tertiary/aromatic N) is 2. The highest BCUT2D eigenvalue weighted by Gasteiger charge is 2.54. The van der Waals surface area contributed by atoms with E-state index in [1.807, 2.05) is 0 Å². The van der Waals surface area contributed by atoms with Crippen LogP contribution in [0.5, 0.6) is 0 Å². The molecule has 25 heavy (non-hydrogen) atoms. The van der Waals surface area contributed by atoms with Crippen molar-refractivity contribution in [1.82, 2.24) is 9.47 Å². The summed E-state index contributed by atoms with van der Waals surface area (Å²) < 4.78 is 7.59. The third-order valence-corrected chi connectivity index (χ3v) is 7.12. The minimum atomic E-state index is -0.187. The first-order chi connectivity index (χ1) is 12.2. The Morgan fingerprint density at radius 3 is 2.96 bits per heavy atom. The number of rotatable bonds is 2. The molecule has 4 heteroatoms. The summed E-state index contributed by atoms with van der Waals surface area (Å²) in [6.45, 7) is 4.65. The van der Waals surface area contributed by atoms with E-state index in [4.69, 9.17) is 4.74 Å². The molecule has 0 radical (unpaired) electrons. The van der Waals surface area contributed by atoms with Crippen molar-refractivity contribution in [1.29, 1.82) is 0 Å². The van der Waals surface area contributed by atoms with E-state index in [0.717, 1.165) is 25.8 Å². The number of benzene rings is 1. The predicted molar refractivity (Wildman–Crippen MR) is 97.6 cm³/mol. The molecule has 1 aromatic heterocycles. The Hall–Kier alpha value is -1.81. The second-order valence-electron chi connectivity index (χ2n) is 8.00. The number of esters is 1. The Morgan fingerprint density at radius 1 is 1.32 bits per heavy atom. The molecule has 0 spiro atoms. The molecular formula is C21H26N2O2. The van der Waals surface area contributed by atoms with Crippen molar-refractivity contribution in [2.45, 2.75) is 51.1 Å². The van der Waals surface area contributed by atoms with Crippen LogP contribution in [0.2, 0.25) is 0 Å². The molecule has 1 unspecified atom stereocenters. The van der Waals surface area contributed by atoms with Crippen LogP contribution in [0.3, 0.4) is 0 Å². The van der Waals surface area contributed by atoms with E-state index < -0.39 is 0 Å². The number of hydrogen-bond donors (Lipinski definition) is 0. The molecule has 1 saturated heterocycles. The zero-order chi connectivity index (χ0) is 17.2. The molecule has 4 heterocycles. The van der Waals surface area contributed by atoms with Crippen molar-refractivity contribution in [2.24, 2.45) is 5.41 Å². The first kappa shape index (κ1) is 15.4. The number of aromatic nitrogens is 1. The van der Waals surface area contributed by atoms with Crippen LogP contribution in [0.25, 0.3) is 10.9 Å². The van der Waals surface area contributed by atoms with Crippen molar-refractivity contribution < 1.29 is 9.53 Å². The zero-order valence-electron chi connectivity index (χ0n) is 15.1. The van der Waals surface area contributed by atoms with Crippen LogP contribution in [-0.2, 0) is 16.0 Å². The van der Waals surface area contributed by atoms with E-state index >= 15 is 0 Å². The Kier molecular flexibility index (Phi) is 3.30. The Balaban J connectivity index is 1.84. The highest BCUT2D eigenvalue weighted by molar-refractivity contribution is 5.89. The van der Waals surface area contributed by atoms with Crippen LogP contribution in [0.15, 0.2) is 24.3 Å². The highest BCUT2D eigenvalue weighted by Crippen LogP contribution is 2.59. The van der Waals surface area contributed by atoms with Gasteiger partial charge in [0.2, 0.25) is 0 Å². The van der Waals surface area contributed by atoms with Gasteiger partial charge < -0.3 is 9.30 Å². The summed E-state index contributed by atoms with van der Waals surface area (Å²) in [7, 11) is 1.53. The summed E-state index contributed by atoms with van der Waals surface area (Å²) in [5, 5.41) is 1.34. The molecular weight excluding hydrogens is 312 g/mol. The fraction of sp³-hybridized carbons (Fsp3) is 0.571. The third-order valence-electron chi connectivity index (χ3n) is 7.12. The van der Waals surface area contributed by atoms with Crippen LogP contribution in [-0.4, -0.2) is 35.6 Å². The van der Waals surface area contributed by atoms with Gasteiger partial charge in [-0.3, -0.25) is 4.90 Å². The second-order valence-corrected chi connectivity index (χ2v) is 8.00. The largest absolute Gasteiger partial charge is 0.467 e. The van der Waals surface area contributed by atoms with Gasteiger partial charge in [0, 0.05) is 23.1 Å². The van der Waals surface area contributed by atoms with Crippen LogP contribution < -0.4 is 0 Å². The summed E-state index contributed by atoms with van der Waals surface area (Å²) in [6.07, 6.45) is 5.59. The fourth-order valence-electron chi connectivity index (χ4n) is 6.02. The molecule has 0 bridgehead atoms. The van der Waals surface area contributed by atoms with Gasteiger partial charge in [-0.05, 0) is 55.7 Å². The average Bonchev–Trinajstić information content (AvgIpc) is 3.01. The number of fused-ring (bicyclic) bond motifs is 3. The molecule has 5 rings (SSSR count). The van der Waals surface area contributed by atoms with E-state index in [9.17, 15) is 4.79 Å². The SMILES string of the molecule is CC[C@@]12CCCN3CCc4c(n(c5ccccc45)C(C(=O)OC)C1)[C@H]32. The van der Waals surface area contributed by atoms with E-state index in [0.29, 0.717) is 6.04 Å².